The van der Waals surface area contributed by atoms with E-state index in [2.05, 4.69) is 0 Å². The lowest BCUT2D eigenvalue weighted by molar-refractivity contribution is -0.350. The molecule has 0 bridgehead atoms. The smallest absolute Gasteiger partial charge is 0.187 e. The average Bonchev–Trinajstić information content (AvgIpc) is 3.38. The fourth-order valence-electron chi connectivity index (χ4n) is 8.29. The van der Waals surface area contributed by atoms with Crippen molar-refractivity contribution in [2.45, 2.75) is 101 Å². The van der Waals surface area contributed by atoms with E-state index >= 15 is 0 Å². The van der Waals surface area contributed by atoms with Gasteiger partial charge in [0.2, 0.25) is 0 Å². The van der Waals surface area contributed by atoms with Crippen molar-refractivity contribution in [3.63, 3.8) is 0 Å². The fraction of sp³-hybridized carbons (Fsp3) is 0.345. The summed E-state index contributed by atoms with van der Waals surface area (Å²) in [4.78, 5) is 0. The lowest BCUT2D eigenvalue weighted by atomic mass is 9.97. The van der Waals surface area contributed by atoms with Gasteiger partial charge in [-0.25, -0.2) is 0 Å². The van der Waals surface area contributed by atoms with Gasteiger partial charge in [-0.15, -0.1) is 0 Å². The summed E-state index contributed by atoms with van der Waals surface area (Å²) in [6.07, 6.45) is -7.87. The normalized spacial score (nSPS) is 25.4. The highest BCUT2D eigenvalue weighted by atomic mass is 16.7. The molecule has 0 aliphatic carbocycles. The highest BCUT2D eigenvalue weighted by molar-refractivity contribution is 5.18. The van der Waals surface area contributed by atoms with Crippen LogP contribution < -0.4 is 0 Å². The first kappa shape index (κ1) is 47.4. The Morgan fingerprint density at radius 1 is 0.333 bits per heavy atom. The van der Waals surface area contributed by atoms with Crippen LogP contribution in [0.15, 0.2) is 182 Å². The molecule has 11 heteroatoms. The number of hydrogen-bond donors (Lipinski definition) is 1. The highest BCUT2D eigenvalue weighted by Gasteiger charge is 2.52. The van der Waals surface area contributed by atoms with Crippen molar-refractivity contribution in [1.29, 1.82) is 0 Å². The van der Waals surface area contributed by atoms with Crippen molar-refractivity contribution >= 4 is 0 Å². The zero-order valence-corrected chi connectivity index (χ0v) is 37.3. The molecule has 0 saturated carbocycles. The zero-order chi connectivity index (χ0) is 45.2. The Hall–Kier alpha value is -5.12. The summed E-state index contributed by atoms with van der Waals surface area (Å²) in [7, 11) is 1.59. The minimum absolute atomic E-state index is 0.0368. The van der Waals surface area contributed by atoms with E-state index in [1.165, 1.54) is 0 Å². The number of rotatable bonds is 23. The largest absolute Gasteiger partial charge is 0.394 e. The summed E-state index contributed by atoms with van der Waals surface area (Å²) in [5.74, 6) is 0. The number of aliphatic hydroxyl groups is 1. The predicted molar refractivity (Wildman–Crippen MR) is 247 cm³/mol. The Morgan fingerprint density at radius 3 is 0.924 bits per heavy atom. The van der Waals surface area contributed by atoms with Crippen molar-refractivity contribution in [2.75, 3.05) is 20.3 Å². The van der Waals surface area contributed by atoms with Crippen LogP contribution in [0.3, 0.4) is 0 Å². The summed E-state index contributed by atoms with van der Waals surface area (Å²) >= 11 is 0. The lowest BCUT2D eigenvalue weighted by Gasteiger charge is -2.47. The summed E-state index contributed by atoms with van der Waals surface area (Å²) < 4.78 is 67.0. The van der Waals surface area contributed by atoms with Crippen molar-refractivity contribution < 1.29 is 52.5 Å². The molecule has 0 radical (unpaired) electrons. The van der Waals surface area contributed by atoms with Crippen LogP contribution >= 0.6 is 0 Å². The molecule has 8 rings (SSSR count). The van der Waals surface area contributed by atoms with Crippen LogP contribution in [0.2, 0.25) is 0 Å². The predicted octanol–water partition coefficient (Wildman–Crippen LogP) is 8.60. The van der Waals surface area contributed by atoms with E-state index in [0.29, 0.717) is 6.61 Å². The first-order chi connectivity index (χ1) is 32.6. The van der Waals surface area contributed by atoms with Crippen molar-refractivity contribution in [2.24, 2.45) is 0 Å². The maximum Gasteiger partial charge on any atom is 0.187 e. The number of ether oxygens (including phenoxy) is 10. The lowest BCUT2D eigenvalue weighted by Crippen LogP contribution is -2.64. The van der Waals surface area contributed by atoms with Gasteiger partial charge in [0.15, 0.2) is 12.6 Å². The van der Waals surface area contributed by atoms with Gasteiger partial charge in [0.25, 0.3) is 0 Å². The monoisotopic (exact) mass is 896 g/mol. The minimum atomic E-state index is -1.04. The van der Waals surface area contributed by atoms with E-state index in [9.17, 15) is 5.11 Å². The molecule has 11 nitrogen and oxygen atoms in total. The molecule has 2 fully saturated rings. The maximum absolute atomic E-state index is 11.0. The standard InChI is InChI=1S/C55H60O11/c1-57-54-52(62-37-44-28-16-6-17-29-44)51(61-36-43-26-14-5-15-27-43)49(59-34-41-22-10-3-11-23-41)47(66-54)39-64-55-53(63-38-45-30-18-7-19-31-45)50(60-35-42-24-12-4-13-25-42)48(46(32-56)65-55)58-33-40-20-8-2-9-21-40/h2-31,46-56H,32-39H2,1H3. The molecule has 2 aliphatic rings. The third-order valence-corrected chi connectivity index (χ3v) is 11.7. The molecule has 346 valence electrons. The second-order valence-electron chi connectivity index (χ2n) is 16.4. The van der Waals surface area contributed by atoms with Crippen LogP contribution in [0.1, 0.15) is 33.4 Å². The van der Waals surface area contributed by atoms with Gasteiger partial charge >= 0.3 is 0 Å². The Bertz CT molecular complexity index is 2060. The number of aliphatic hydroxyl groups excluding tert-OH is 1. The molecule has 6 aromatic rings. The summed E-state index contributed by atoms with van der Waals surface area (Å²) in [5, 5.41) is 11.0. The van der Waals surface area contributed by atoms with Gasteiger partial charge in [-0.2, -0.15) is 0 Å². The summed E-state index contributed by atoms with van der Waals surface area (Å²) in [5.41, 5.74) is 5.85. The van der Waals surface area contributed by atoms with Crippen molar-refractivity contribution in [3.8, 4) is 0 Å². The van der Waals surface area contributed by atoms with Crippen LogP contribution in [-0.4, -0.2) is 86.8 Å². The Kier molecular flexibility index (Phi) is 18.0. The van der Waals surface area contributed by atoms with Gasteiger partial charge in [0.1, 0.15) is 48.8 Å². The first-order valence-corrected chi connectivity index (χ1v) is 22.6. The van der Waals surface area contributed by atoms with E-state index in [4.69, 9.17) is 47.4 Å². The van der Waals surface area contributed by atoms with Gasteiger partial charge in [0.05, 0.1) is 52.9 Å². The maximum atomic E-state index is 11.0. The molecular weight excluding hydrogens is 837 g/mol. The van der Waals surface area contributed by atoms with Gasteiger partial charge in [-0.05, 0) is 33.4 Å². The van der Waals surface area contributed by atoms with Crippen LogP contribution in [-0.2, 0) is 87.0 Å². The molecule has 0 aromatic heterocycles. The third kappa shape index (κ3) is 13.3. The second-order valence-corrected chi connectivity index (χ2v) is 16.4. The number of benzene rings is 6. The number of hydrogen-bond acceptors (Lipinski definition) is 11. The van der Waals surface area contributed by atoms with E-state index in [1.807, 2.05) is 182 Å². The fourth-order valence-corrected chi connectivity index (χ4v) is 8.29. The topological polar surface area (TPSA) is 113 Å². The molecule has 0 amide bonds. The van der Waals surface area contributed by atoms with Gasteiger partial charge in [-0.3, -0.25) is 0 Å². The minimum Gasteiger partial charge on any atom is -0.394 e. The van der Waals surface area contributed by atoms with Crippen molar-refractivity contribution in [3.05, 3.63) is 215 Å². The molecule has 2 aliphatic heterocycles. The Balaban J connectivity index is 1.10. The molecule has 2 saturated heterocycles. The van der Waals surface area contributed by atoms with Gasteiger partial charge in [-0.1, -0.05) is 182 Å². The zero-order valence-electron chi connectivity index (χ0n) is 37.3. The van der Waals surface area contributed by atoms with Gasteiger partial charge in [0, 0.05) is 7.11 Å². The Morgan fingerprint density at radius 2 is 0.606 bits per heavy atom. The molecule has 10 unspecified atom stereocenters. The van der Waals surface area contributed by atoms with Crippen LogP contribution in [0.4, 0.5) is 0 Å². The highest BCUT2D eigenvalue weighted by Crippen LogP contribution is 2.35. The van der Waals surface area contributed by atoms with E-state index in [-0.39, 0.29) is 46.2 Å². The van der Waals surface area contributed by atoms with E-state index in [0.717, 1.165) is 33.4 Å². The van der Waals surface area contributed by atoms with E-state index < -0.39 is 61.4 Å². The van der Waals surface area contributed by atoms with Crippen LogP contribution in [0.5, 0.6) is 0 Å². The van der Waals surface area contributed by atoms with Gasteiger partial charge < -0.3 is 52.5 Å². The summed E-state index contributed by atoms with van der Waals surface area (Å²) in [6.45, 7) is 1.21. The molecule has 1 N–H and O–H groups in total. The molecule has 6 aromatic carbocycles. The van der Waals surface area contributed by atoms with Crippen molar-refractivity contribution in [1.82, 2.24) is 0 Å². The summed E-state index contributed by atoms with van der Waals surface area (Å²) in [6, 6.07) is 59.6. The third-order valence-electron chi connectivity index (χ3n) is 11.7. The Labute approximate surface area is 388 Å². The molecule has 66 heavy (non-hydrogen) atoms. The van der Waals surface area contributed by atoms with Crippen LogP contribution in [0.25, 0.3) is 0 Å². The molecule has 10 atom stereocenters. The van der Waals surface area contributed by atoms with E-state index in [1.54, 1.807) is 7.11 Å². The molecule has 2 heterocycles. The first-order valence-electron chi connectivity index (χ1n) is 22.6. The average molecular weight is 897 g/mol. The SMILES string of the molecule is COC1OC(COC2OC(CO)C(OCc3ccccc3)C(OCc3ccccc3)C2OCc2ccccc2)C(OCc2ccccc2)C(OCc2ccccc2)C1OCc1ccccc1. The second kappa shape index (κ2) is 25.1. The number of methoxy groups -OCH3 is 1. The quantitative estimate of drug-likeness (QED) is 0.0668. The molecular formula is C55H60O11. The molecule has 0 spiro atoms. The van der Waals surface area contributed by atoms with Crippen LogP contribution in [0, 0.1) is 0 Å².